The van der Waals surface area contributed by atoms with Crippen LogP contribution in [0.25, 0.3) is 0 Å². The molecule has 142 valence electrons. The van der Waals surface area contributed by atoms with Crippen molar-refractivity contribution in [3.63, 3.8) is 0 Å². The van der Waals surface area contributed by atoms with Crippen molar-refractivity contribution in [3.05, 3.63) is 35.4 Å². The first-order chi connectivity index (χ1) is 12.1. The third-order valence-electron chi connectivity index (χ3n) is 5.95. The van der Waals surface area contributed by atoms with Crippen LogP contribution in [0.5, 0.6) is 0 Å². The van der Waals surface area contributed by atoms with Crippen LogP contribution in [0.15, 0.2) is 18.2 Å². The number of aliphatic carboxylic acids is 1. The summed E-state index contributed by atoms with van der Waals surface area (Å²) in [5.41, 5.74) is -2.04. The van der Waals surface area contributed by atoms with Crippen molar-refractivity contribution in [3.8, 4) is 0 Å². The molecular weight excluding hydrogens is 344 g/mol. The molecule has 2 saturated carbocycles. The molecule has 0 saturated heterocycles. The first-order valence-corrected chi connectivity index (χ1v) is 8.76. The number of carboxylic acids is 1. The molecule has 0 aromatic heterocycles. The summed E-state index contributed by atoms with van der Waals surface area (Å²) in [6.07, 6.45) is 0.289. The lowest BCUT2D eigenvalue weighted by Crippen LogP contribution is -2.76. The van der Waals surface area contributed by atoms with Crippen molar-refractivity contribution < 1.29 is 28.2 Å². The van der Waals surface area contributed by atoms with Crippen LogP contribution in [0, 0.1) is 23.0 Å². The summed E-state index contributed by atoms with van der Waals surface area (Å²) in [5, 5.41) is 12.4. The zero-order valence-electron chi connectivity index (χ0n) is 15.0. The molecule has 1 amide bonds. The van der Waals surface area contributed by atoms with Gasteiger partial charge in [0.1, 0.15) is 17.2 Å². The molecule has 1 aromatic carbocycles. The van der Waals surface area contributed by atoms with E-state index in [9.17, 15) is 23.5 Å². The standard InChI is InChI=1S/C19H23F2NO4/c1-4-26-15-9-19(17(24)25,18(15,2)3)22-16(23)13-8-11(13)12-7-10(20)5-6-14(12)21/h5-7,11,13,15H,4,8-9H2,1-3H3,(H,22,23)(H,24,25). The highest BCUT2D eigenvalue weighted by Crippen LogP contribution is 2.54. The van der Waals surface area contributed by atoms with Crippen molar-refractivity contribution in [1.29, 1.82) is 0 Å². The molecule has 3 rings (SSSR count). The second kappa shape index (κ2) is 6.30. The summed E-state index contributed by atoms with van der Waals surface area (Å²) < 4.78 is 32.8. The quantitative estimate of drug-likeness (QED) is 0.811. The van der Waals surface area contributed by atoms with E-state index < -0.39 is 46.3 Å². The van der Waals surface area contributed by atoms with Crippen molar-refractivity contribution in [2.45, 2.75) is 51.2 Å². The summed E-state index contributed by atoms with van der Waals surface area (Å²) in [5.74, 6) is -3.65. The van der Waals surface area contributed by atoms with E-state index in [2.05, 4.69) is 5.32 Å². The molecule has 0 bridgehead atoms. The fourth-order valence-corrected chi connectivity index (χ4v) is 3.97. The van der Waals surface area contributed by atoms with Gasteiger partial charge < -0.3 is 15.2 Å². The van der Waals surface area contributed by atoms with E-state index in [1.807, 2.05) is 6.92 Å². The van der Waals surface area contributed by atoms with E-state index in [0.29, 0.717) is 13.0 Å². The predicted octanol–water partition coefficient (Wildman–Crippen LogP) is 2.84. The molecule has 2 aliphatic rings. The Kier molecular flexibility index (Phi) is 4.55. The lowest BCUT2D eigenvalue weighted by Gasteiger charge is -2.58. The largest absolute Gasteiger partial charge is 0.479 e. The van der Waals surface area contributed by atoms with E-state index in [1.165, 1.54) is 0 Å². The van der Waals surface area contributed by atoms with Crippen LogP contribution in [0.2, 0.25) is 0 Å². The Morgan fingerprint density at radius 3 is 2.62 bits per heavy atom. The Balaban J connectivity index is 1.73. The Hall–Kier alpha value is -2.02. The second-order valence-corrected chi connectivity index (χ2v) is 7.68. The monoisotopic (exact) mass is 367 g/mol. The predicted molar refractivity (Wildman–Crippen MR) is 89.5 cm³/mol. The number of carbonyl (C=O) groups is 2. The van der Waals surface area contributed by atoms with E-state index in [-0.39, 0.29) is 18.1 Å². The van der Waals surface area contributed by atoms with Crippen LogP contribution in [0.1, 0.15) is 45.1 Å². The Bertz CT molecular complexity index is 751. The number of ether oxygens (including phenoxy) is 1. The molecular formula is C19H23F2NO4. The molecule has 26 heavy (non-hydrogen) atoms. The van der Waals surface area contributed by atoms with Gasteiger partial charge in [-0.25, -0.2) is 13.6 Å². The van der Waals surface area contributed by atoms with Gasteiger partial charge in [0.25, 0.3) is 0 Å². The normalized spacial score (nSPS) is 31.8. The Morgan fingerprint density at radius 1 is 1.35 bits per heavy atom. The second-order valence-electron chi connectivity index (χ2n) is 7.68. The van der Waals surface area contributed by atoms with Gasteiger partial charge in [-0.2, -0.15) is 0 Å². The van der Waals surface area contributed by atoms with Crippen molar-refractivity contribution >= 4 is 11.9 Å². The highest BCUT2D eigenvalue weighted by Gasteiger charge is 2.67. The maximum absolute atomic E-state index is 13.9. The average Bonchev–Trinajstić information content (AvgIpc) is 3.36. The molecule has 5 nitrogen and oxygen atoms in total. The molecule has 2 fully saturated rings. The van der Waals surface area contributed by atoms with Crippen molar-refractivity contribution in [1.82, 2.24) is 5.32 Å². The van der Waals surface area contributed by atoms with Crippen LogP contribution >= 0.6 is 0 Å². The number of benzene rings is 1. The molecule has 7 heteroatoms. The summed E-state index contributed by atoms with van der Waals surface area (Å²) in [6.45, 7) is 5.79. The lowest BCUT2D eigenvalue weighted by atomic mass is 9.54. The van der Waals surface area contributed by atoms with Gasteiger partial charge in [-0.05, 0) is 43.0 Å². The van der Waals surface area contributed by atoms with Gasteiger partial charge in [-0.3, -0.25) is 4.79 Å². The SMILES string of the molecule is CCOC1CC(NC(=O)C2CC2c2cc(F)ccc2F)(C(=O)O)C1(C)C. The maximum Gasteiger partial charge on any atom is 0.330 e. The molecule has 0 radical (unpaired) electrons. The first kappa shape index (κ1) is 18.8. The third kappa shape index (κ3) is 2.78. The van der Waals surface area contributed by atoms with Gasteiger partial charge >= 0.3 is 5.97 Å². The zero-order chi connectivity index (χ0) is 19.3. The summed E-state index contributed by atoms with van der Waals surface area (Å²) >= 11 is 0. The van der Waals surface area contributed by atoms with Crippen molar-refractivity contribution in [2.24, 2.45) is 11.3 Å². The van der Waals surface area contributed by atoms with Crippen LogP contribution in [-0.4, -0.2) is 35.2 Å². The molecule has 2 aliphatic carbocycles. The number of carboxylic acid groups (broad SMARTS) is 1. The van der Waals surface area contributed by atoms with Gasteiger partial charge in [0.05, 0.1) is 6.10 Å². The number of rotatable bonds is 6. The summed E-state index contributed by atoms with van der Waals surface area (Å²) in [7, 11) is 0. The fourth-order valence-electron chi connectivity index (χ4n) is 3.97. The molecule has 0 aliphatic heterocycles. The van der Waals surface area contributed by atoms with E-state index in [0.717, 1.165) is 18.2 Å². The Labute approximate surface area is 150 Å². The van der Waals surface area contributed by atoms with Gasteiger partial charge in [-0.15, -0.1) is 0 Å². The van der Waals surface area contributed by atoms with Gasteiger partial charge in [-0.1, -0.05) is 13.8 Å². The van der Waals surface area contributed by atoms with E-state index in [4.69, 9.17) is 4.74 Å². The minimum absolute atomic E-state index is 0.162. The van der Waals surface area contributed by atoms with Crippen molar-refractivity contribution in [2.75, 3.05) is 6.61 Å². The van der Waals surface area contributed by atoms with Gasteiger partial charge in [0.15, 0.2) is 0 Å². The Morgan fingerprint density at radius 2 is 2.04 bits per heavy atom. The maximum atomic E-state index is 13.9. The highest BCUT2D eigenvalue weighted by atomic mass is 19.1. The molecule has 1 aromatic rings. The summed E-state index contributed by atoms with van der Waals surface area (Å²) in [4.78, 5) is 24.5. The number of carbonyl (C=O) groups excluding carboxylic acids is 1. The highest BCUT2D eigenvalue weighted by molar-refractivity contribution is 5.92. The lowest BCUT2D eigenvalue weighted by molar-refractivity contribution is -0.194. The molecule has 0 spiro atoms. The minimum Gasteiger partial charge on any atom is -0.479 e. The van der Waals surface area contributed by atoms with Crippen LogP contribution < -0.4 is 5.32 Å². The molecule has 4 atom stereocenters. The third-order valence-corrected chi connectivity index (χ3v) is 5.95. The van der Waals surface area contributed by atoms with E-state index in [1.54, 1.807) is 13.8 Å². The van der Waals surface area contributed by atoms with Crippen LogP contribution in [-0.2, 0) is 14.3 Å². The van der Waals surface area contributed by atoms with Gasteiger partial charge in [0, 0.05) is 24.4 Å². The summed E-state index contributed by atoms with van der Waals surface area (Å²) in [6, 6.07) is 3.16. The van der Waals surface area contributed by atoms with Crippen LogP contribution in [0.4, 0.5) is 8.78 Å². The number of amides is 1. The van der Waals surface area contributed by atoms with Crippen LogP contribution in [0.3, 0.4) is 0 Å². The number of halogens is 2. The molecule has 4 unspecified atom stereocenters. The molecule has 0 heterocycles. The first-order valence-electron chi connectivity index (χ1n) is 8.76. The number of hydrogen-bond donors (Lipinski definition) is 2. The number of nitrogens with one attached hydrogen (secondary N) is 1. The fraction of sp³-hybridized carbons (Fsp3) is 0.579. The molecule has 2 N–H and O–H groups in total. The number of hydrogen-bond acceptors (Lipinski definition) is 3. The smallest absolute Gasteiger partial charge is 0.330 e. The topological polar surface area (TPSA) is 75.6 Å². The average molecular weight is 367 g/mol. The minimum atomic E-state index is -1.42. The van der Waals surface area contributed by atoms with Gasteiger partial charge in [0.2, 0.25) is 5.91 Å². The van der Waals surface area contributed by atoms with E-state index >= 15 is 0 Å². The zero-order valence-corrected chi connectivity index (χ0v) is 15.0.